The van der Waals surface area contributed by atoms with Crippen molar-refractivity contribution in [3.63, 3.8) is 0 Å². The molecule has 1 heterocycles. The summed E-state index contributed by atoms with van der Waals surface area (Å²) in [7, 11) is 0. The number of carbonyl (C=O) groups is 2. The Hall–Kier alpha value is -1.62. The number of halogens is 2. The number of amides is 1. The number of carboxylic acid groups (broad SMARTS) is 1. The maximum Gasteiger partial charge on any atom is 0.303 e. The number of likely N-dealkylation sites (tertiary alicyclic amines) is 1. The average molecular weight is 314 g/mol. The van der Waals surface area contributed by atoms with Crippen LogP contribution in [-0.2, 0) is 4.79 Å². The van der Waals surface area contributed by atoms with Crippen molar-refractivity contribution < 1.29 is 19.1 Å². The van der Waals surface area contributed by atoms with Crippen molar-refractivity contribution in [1.29, 1.82) is 0 Å². The molecule has 0 radical (unpaired) electrons. The minimum absolute atomic E-state index is 0.0123. The van der Waals surface area contributed by atoms with E-state index in [4.69, 9.17) is 16.7 Å². The molecule has 0 aromatic heterocycles. The van der Waals surface area contributed by atoms with Crippen LogP contribution in [0.25, 0.3) is 0 Å². The lowest BCUT2D eigenvalue weighted by Crippen LogP contribution is -2.40. The summed E-state index contributed by atoms with van der Waals surface area (Å²) in [4.78, 5) is 24.6. The normalized spacial score (nSPS) is 18.6. The predicted octanol–water partition coefficient (Wildman–Crippen LogP) is 3.20. The van der Waals surface area contributed by atoms with Crippen molar-refractivity contribution in [2.24, 2.45) is 5.92 Å². The molecule has 1 unspecified atom stereocenters. The first-order chi connectivity index (χ1) is 9.97. The van der Waals surface area contributed by atoms with E-state index in [2.05, 4.69) is 0 Å². The van der Waals surface area contributed by atoms with E-state index in [0.29, 0.717) is 19.5 Å². The fraction of sp³-hybridized carbons (Fsp3) is 0.467. The lowest BCUT2D eigenvalue weighted by Gasteiger charge is -2.32. The van der Waals surface area contributed by atoms with Gasteiger partial charge >= 0.3 is 5.97 Å². The molecule has 0 bridgehead atoms. The molecule has 114 valence electrons. The Labute approximate surface area is 127 Å². The molecule has 21 heavy (non-hydrogen) atoms. The Balaban J connectivity index is 2.03. The zero-order valence-corrected chi connectivity index (χ0v) is 12.3. The van der Waals surface area contributed by atoms with Crippen LogP contribution in [0.4, 0.5) is 4.39 Å². The summed E-state index contributed by atoms with van der Waals surface area (Å²) in [5.74, 6) is -1.65. The van der Waals surface area contributed by atoms with Gasteiger partial charge in [0, 0.05) is 24.5 Å². The Bertz CT molecular complexity index is 550. The highest BCUT2D eigenvalue weighted by atomic mass is 35.5. The van der Waals surface area contributed by atoms with Crippen LogP contribution in [-0.4, -0.2) is 35.0 Å². The van der Waals surface area contributed by atoms with E-state index in [1.807, 2.05) is 0 Å². The van der Waals surface area contributed by atoms with E-state index in [-0.39, 0.29) is 28.8 Å². The standard InChI is InChI=1S/C15H17ClFNO3/c16-11-4-5-12(13(17)8-11)15(21)18-7-1-2-10(9-18)3-6-14(19)20/h4-5,8,10H,1-3,6-7,9H2,(H,19,20). The molecule has 0 spiro atoms. The number of rotatable bonds is 4. The topological polar surface area (TPSA) is 57.6 Å². The fourth-order valence-electron chi connectivity index (χ4n) is 2.65. The summed E-state index contributed by atoms with van der Waals surface area (Å²) in [5.41, 5.74) is 0.0123. The minimum atomic E-state index is -0.831. The van der Waals surface area contributed by atoms with Crippen molar-refractivity contribution in [2.75, 3.05) is 13.1 Å². The molecule has 1 aromatic rings. The van der Waals surface area contributed by atoms with Crippen molar-refractivity contribution in [3.05, 3.63) is 34.6 Å². The van der Waals surface area contributed by atoms with Gasteiger partial charge in [-0.05, 0) is 43.4 Å². The highest BCUT2D eigenvalue weighted by Crippen LogP contribution is 2.24. The number of hydrogen-bond donors (Lipinski definition) is 1. The highest BCUT2D eigenvalue weighted by molar-refractivity contribution is 6.30. The van der Waals surface area contributed by atoms with E-state index in [1.165, 1.54) is 12.1 Å². The Morgan fingerprint density at radius 3 is 2.86 bits per heavy atom. The summed E-state index contributed by atoms with van der Waals surface area (Å²) in [6.07, 6.45) is 2.36. The van der Waals surface area contributed by atoms with Gasteiger partial charge in [-0.25, -0.2) is 4.39 Å². The Morgan fingerprint density at radius 2 is 2.19 bits per heavy atom. The maximum absolute atomic E-state index is 13.8. The van der Waals surface area contributed by atoms with E-state index in [0.717, 1.165) is 18.9 Å². The van der Waals surface area contributed by atoms with Crippen LogP contribution >= 0.6 is 11.6 Å². The SMILES string of the molecule is O=C(O)CCC1CCCN(C(=O)c2ccc(Cl)cc2F)C1. The van der Waals surface area contributed by atoms with Gasteiger partial charge in [-0.2, -0.15) is 0 Å². The zero-order chi connectivity index (χ0) is 15.4. The molecule has 1 atom stereocenters. The van der Waals surface area contributed by atoms with E-state index < -0.39 is 11.8 Å². The third-order valence-corrected chi connectivity index (χ3v) is 3.97. The number of piperidine rings is 1. The first-order valence-electron chi connectivity index (χ1n) is 6.93. The second-order valence-corrected chi connectivity index (χ2v) is 5.75. The van der Waals surface area contributed by atoms with Crippen LogP contribution in [0.5, 0.6) is 0 Å². The fourth-order valence-corrected chi connectivity index (χ4v) is 2.80. The van der Waals surface area contributed by atoms with Gasteiger partial charge < -0.3 is 10.0 Å². The summed E-state index contributed by atoms with van der Waals surface area (Å²) in [6.45, 7) is 1.05. The van der Waals surface area contributed by atoms with Crippen molar-refractivity contribution in [1.82, 2.24) is 4.90 Å². The van der Waals surface area contributed by atoms with Gasteiger partial charge in [0.25, 0.3) is 5.91 Å². The molecule has 6 heteroatoms. The van der Waals surface area contributed by atoms with Crippen LogP contribution in [0, 0.1) is 11.7 Å². The summed E-state index contributed by atoms with van der Waals surface area (Å²) >= 11 is 5.68. The van der Waals surface area contributed by atoms with Crippen molar-refractivity contribution in [3.8, 4) is 0 Å². The monoisotopic (exact) mass is 313 g/mol. The molecule has 1 saturated heterocycles. The van der Waals surface area contributed by atoms with E-state index in [1.54, 1.807) is 4.90 Å². The quantitative estimate of drug-likeness (QED) is 0.928. The minimum Gasteiger partial charge on any atom is -0.481 e. The predicted molar refractivity (Wildman–Crippen MR) is 76.9 cm³/mol. The van der Waals surface area contributed by atoms with Crippen LogP contribution in [0.1, 0.15) is 36.0 Å². The number of carbonyl (C=O) groups excluding carboxylic acids is 1. The number of nitrogens with zero attached hydrogens (tertiary/aromatic N) is 1. The van der Waals surface area contributed by atoms with Crippen molar-refractivity contribution >= 4 is 23.5 Å². The molecule has 1 amide bonds. The van der Waals surface area contributed by atoms with Gasteiger partial charge in [-0.1, -0.05) is 11.6 Å². The molecule has 0 saturated carbocycles. The largest absolute Gasteiger partial charge is 0.481 e. The molecule has 2 rings (SSSR count). The van der Waals surface area contributed by atoms with Gasteiger partial charge in [0.2, 0.25) is 0 Å². The Kier molecular flexibility index (Phi) is 5.17. The second-order valence-electron chi connectivity index (χ2n) is 5.32. The number of aliphatic carboxylic acids is 1. The molecular weight excluding hydrogens is 297 g/mol. The maximum atomic E-state index is 13.8. The van der Waals surface area contributed by atoms with Gasteiger partial charge in [-0.3, -0.25) is 9.59 Å². The number of carboxylic acids is 1. The Morgan fingerprint density at radius 1 is 1.43 bits per heavy atom. The lowest BCUT2D eigenvalue weighted by molar-refractivity contribution is -0.137. The van der Waals surface area contributed by atoms with E-state index >= 15 is 0 Å². The van der Waals surface area contributed by atoms with Crippen molar-refractivity contribution in [2.45, 2.75) is 25.7 Å². The van der Waals surface area contributed by atoms with Crippen LogP contribution in [0.2, 0.25) is 5.02 Å². The summed E-state index contributed by atoms with van der Waals surface area (Å²) in [5, 5.41) is 8.97. The first-order valence-corrected chi connectivity index (χ1v) is 7.31. The third kappa shape index (κ3) is 4.17. The lowest BCUT2D eigenvalue weighted by atomic mass is 9.93. The second kappa shape index (κ2) is 6.89. The molecule has 1 N–H and O–H groups in total. The molecule has 4 nitrogen and oxygen atoms in total. The summed E-state index contributed by atoms with van der Waals surface area (Å²) < 4.78 is 13.8. The number of benzene rings is 1. The molecule has 1 aromatic carbocycles. The zero-order valence-electron chi connectivity index (χ0n) is 11.5. The summed E-state index contributed by atoms with van der Waals surface area (Å²) in [6, 6.07) is 4.01. The van der Waals surface area contributed by atoms with E-state index in [9.17, 15) is 14.0 Å². The smallest absolute Gasteiger partial charge is 0.303 e. The molecule has 1 fully saturated rings. The van der Waals surface area contributed by atoms with Gasteiger partial charge in [0.1, 0.15) is 5.82 Å². The van der Waals surface area contributed by atoms with Gasteiger partial charge in [0.05, 0.1) is 5.56 Å². The number of hydrogen-bond acceptors (Lipinski definition) is 2. The van der Waals surface area contributed by atoms with Crippen LogP contribution < -0.4 is 0 Å². The molecule has 1 aliphatic rings. The average Bonchev–Trinajstić information content (AvgIpc) is 2.45. The molecular formula is C15H17ClFNO3. The van der Waals surface area contributed by atoms with Gasteiger partial charge in [-0.15, -0.1) is 0 Å². The highest BCUT2D eigenvalue weighted by Gasteiger charge is 2.26. The van der Waals surface area contributed by atoms with Crippen LogP contribution in [0.15, 0.2) is 18.2 Å². The first kappa shape index (κ1) is 15.8. The molecule has 1 aliphatic heterocycles. The van der Waals surface area contributed by atoms with Gasteiger partial charge in [0.15, 0.2) is 0 Å². The molecule has 0 aliphatic carbocycles. The third-order valence-electron chi connectivity index (χ3n) is 3.73. The van der Waals surface area contributed by atoms with Crippen LogP contribution in [0.3, 0.4) is 0 Å².